The van der Waals surface area contributed by atoms with Gasteiger partial charge in [-0.05, 0) is 54.1 Å². The van der Waals surface area contributed by atoms with Crippen molar-refractivity contribution in [1.29, 1.82) is 0 Å². The minimum absolute atomic E-state index is 0.0245. The van der Waals surface area contributed by atoms with Crippen LogP contribution in [0.15, 0.2) is 65.6 Å². The second-order valence-electron chi connectivity index (χ2n) is 7.96. The third-order valence-corrected chi connectivity index (χ3v) is 7.79. The van der Waals surface area contributed by atoms with Gasteiger partial charge in [0, 0.05) is 29.9 Å². The van der Waals surface area contributed by atoms with Crippen LogP contribution < -0.4 is 19.4 Å². The fourth-order valence-electron chi connectivity index (χ4n) is 4.34. The number of fused-ring (bicyclic) bond motifs is 7. The zero-order chi connectivity index (χ0) is 24.0. The van der Waals surface area contributed by atoms with Gasteiger partial charge in [0.05, 0.1) is 36.3 Å². The summed E-state index contributed by atoms with van der Waals surface area (Å²) in [6, 6.07) is 16.2. The van der Waals surface area contributed by atoms with Crippen LogP contribution in [-0.2, 0) is 23.1 Å². The van der Waals surface area contributed by atoms with Gasteiger partial charge < -0.3 is 14.4 Å². The summed E-state index contributed by atoms with van der Waals surface area (Å²) in [4.78, 5) is 12.4. The molecule has 11 heteroatoms. The van der Waals surface area contributed by atoms with Crippen molar-refractivity contribution in [3.05, 3.63) is 81.9 Å². The van der Waals surface area contributed by atoms with Gasteiger partial charge in [-0.3, -0.25) is 15.1 Å². The van der Waals surface area contributed by atoms with E-state index in [1.807, 2.05) is 35.2 Å². The molecule has 2 aliphatic heterocycles. The fourth-order valence-corrected chi connectivity index (χ4v) is 5.76. The summed E-state index contributed by atoms with van der Waals surface area (Å²) >= 11 is 0. The number of hydrogen-bond acceptors (Lipinski definition) is 8. The largest absolute Gasteiger partial charge is 0.497 e. The standard InChI is InChI=1S/C23H22N4O6S/c1-32-19-5-9-22-17(12-19)14-25-23-10-6-20(33-2)11-16(23)13-24(22)15-26(25)34(30,31)21-7-3-18(4-8-21)27(28)29/h3-12H,13-15H2,1-2H3. The molecule has 3 aromatic carbocycles. The Morgan fingerprint density at radius 2 is 1.44 bits per heavy atom. The van der Waals surface area contributed by atoms with Crippen LogP contribution in [0.4, 0.5) is 17.1 Å². The maximum Gasteiger partial charge on any atom is 0.269 e. The number of nitrogens with zero attached hydrogens (tertiary/aromatic N) is 4. The third-order valence-electron chi connectivity index (χ3n) is 6.06. The van der Waals surface area contributed by atoms with Crippen LogP contribution in [0.1, 0.15) is 11.1 Å². The quantitative estimate of drug-likeness (QED) is 0.402. The number of anilines is 2. The van der Waals surface area contributed by atoms with Gasteiger partial charge in [0.1, 0.15) is 18.2 Å². The van der Waals surface area contributed by atoms with Gasteiger partial charge >= 0.3 is 0 Å². The average molecular weight is 483 g/mol. The molecule has 0 spiro atoms. The first kappa shape index (κ1) is 22.0. The smallest absolute Gasteiger partial charge is 0.269 e. The van der Waals surface area contributed by atoms with Crippen LogP contribution in [0.5, 0.6) is 11.5 Å². The lowest BCUT2D eigenvalue weighted by molar-refractivity contribution is -0.384. The first-order chi connectivity index (χ1) is 16.3. The van der Waals surface area contributed by atoms with Crippen molar-refractivity contribution >= 4 is 27.1 Å². The normalized spacial score (nSPS) is 15.2. The SMILES string of the molecule is COc1ccc2c(c1)CN1c3ccc(OC)cc3CN2CN1S(=O)(=O)c1ccc([N+](=O)[O-])cc1. The number of benzene rings is 3. The number of nitro benzene ring substituents is 1. The van der Waals surface area contributed by atoms with Gasteiger partial charge in [-0.1, -0.05) is 4.41 Å². The van der Waals surface area contributed by atoms with Gasteiger partial charge in [0.25, 0.3) is 15.7 Å². The molecule has 3 aromatic rings. The van der Waals surface area contributed by atoms with Gasteiger partial charge in [0.2, 0.25) is 0 Å². The summed E-state index contributed by atoms with van der Waals surface area (Å²) in [5, 5.41) is 12.8. The number of hydrogen-bond donors (Lipinski definition) is 0. The number of rotatable bonds is 5. The Morgan fingerprint density at radius 1 is 0.853 bits per heavy atom. The average Bonchev–Trinajstić information content (AvgIpc) is 3.10. The second-order valence-corrected chi connectivity index (χ2v) is 9.81. The van der Waals surface area contributed by atoms with Crippen LogP contribution in [0.3, 0.4) is 0 Å². The molecule has 0 atom stereocenters. The van der Waals surface area contributed by atoms with Crippen molar-refractivity contribution in [3.8, 4) is 11.5 Å². The molecule has 0 saturated carbocycles. The molecule has 0 saturated heterocycles. The molecule has 0 aliphatic carbocycles. The van der Waals surface area contributed by atoms with E-state index < -0.39 is 14.9 Å². The Balaban J connectivity index is 1.65. The highest BCUT2D eigenvalue weighted by molar-refractivity contribution is 7.89. The minimum atomic E-state index is -4.04. The molecular formula is C23H22N4O6S. The van der Waals surface area contributed by atoms with Crippen LogP contribution in [0, 0.1) is 10.1 Å². The number of hydrazine groups is 1. The lowest BCUT2D eigenvalue weighted by atomic mass is 10.1. The molecule has 0 radical (unpaired) electrons. The van der Waals surface area contributed by atoms with Gasteiger partial charge in [0.15, 0.2) is 0 Å². The molecule has 0 unspecified atom stereocenters. The Labute approximate surface area is 196 Å². The second kappa shape index (κ2) is 8.19. The minimum Gasteiger partial charge on any atom is -0.497 e. The molecule has 2 bridgehead atoms. The molecule has 0 N–H and O–H groups in total. The predicted octanol–water partition coefficient (Wildman–Crippen LogP) is 3.52. The molecule has 10 nitrogen and oxygen atoms in total. The zero-order valence-electron chi connectivity index (χ0n) is 18.5. The maximum absolute atomic E-state index is 13.8. The van der Waals surface area contributed by atoms with E-state index in [0.717, 1.165) is 22.5 Å². The zero-order valence-corrected chi connectivity index (χ0v) is 19.4. The number of sulfonamides is 1. The van der Waals surface area contributed by atoms with Gasteiger partial charge in [-0.25, -0.2) is 8.42 Å². The summed E-state index contributed by atoms with van der Waals surface area (Å²) in [6.07, 6.45) is 0. The predicted molar refractivity (Wildman–Crippen MR) is 125 cm³/mol. The molecule has 2 heterocycles. The summed E-state index contributed by atoms with van der Waals surface area (Å²) < 4.78 is 39.7. The Kier molecular flexibility index (Phi) is 5.29. The molecule has 0 fully saturated rings. The fraction of sp³-hybridized carbons (Fsp3) is 0.217. The van der Waals surface area contributed by atoms with E-state index in [1.54, 1.807) is 25.3 Å². The number of ether oxygens (including phenoxy) is 2. The number of nitro groups is 1. The molecule has 0 aromatic heterocycles. The van der Waals surface area contributed by atoms with E-state index in [-0.39, 0.29) is 23.8 Å². The topological polar surface area (TPSA) is 105 Å². The van der Waals surface area contributed by atoms with Crippen molar-refractivity contribution in [2.45, 2.75) is 18.0 Å². The maximum atomic E-state index is 13.8. The highest BCUT2D eigenvalue weighted by Gasteiger charge is 2.39. The molecule has 2 aliphatic rings. The molecular weight excluding hydrogens is 460 g/mol. The van der Waals surface area contributed by atoms with E-state index in [0.29, 0.717) is 18.0 Å². The highest BCUT2D eigenvalue weighted by atomic mass is 32.2. The van der Waals surface area contributed by atoms with Crippen LogP contribution in [0.25, 0.3) is 0 Å². The summed E-state index contributed by atoms with van der Waals surface area (Å²) in [5.41, 5.74) is 3.31. The highest BCUT2D eigenvalue weighted by Crippen LogP contribution is 2.41. The number of non-ortho nitro benzene ring substituents is 1. The Hall–Kier alpha value is -3.83. The molecule has 5 rings (SSSR count). The molecule has 34 heavy (non-hydrogen) atoms. The van der Waals surface area contributed by atoms with Crippen molar-refractivity contribution in [2.24, 2.45) is 0 Å². The summed E-state index contributed by atoms with van der Waals surface area (Å²) in [5.74, 6) is 1.36. The lowest BCUT2D eigenvalue weighted by Gasteiger charge is -2.33. The van der Waals surface area contributed by atoms with Crippen molar-refractivity contribution in [2.75, 3.05) is 30.8 Å². The monoisotopic (exact) mass is 482 g/mol. The van der Waals surface area contributed by atoms with Crippen molar-refractivity contribution in [3.63, 3.8) is 0 Å². The lowest BCUT2D eigenvalue weighted by Crippen LogP contribution is -2.48. The van der Waals surface area contributed by atoms with Gasteiger partial charge in [-0.2, -0.15) is 0 Å². The summed E-state index contributed by atoms with van der Waals surface area (Å²) in [6.45, 7) is 0.818. The van der Waals surface area contributed by atoms with Crippen LogP contribution in [0.2, 0.25) is 0 Å². The van der Waals surface area contributed by atoms with E-state index in [9.17, 15) is 18.5 Å². The van der Waals surface area contributed by atoms with E-state index in [4.69, 9.17) is 9.47 Å². The van der Waals surface area contributed by atoms with Gasteiger partial charge in [-0.15, -0.1) is 0 Å². The van der Waals surface area contributed by atoms with E-state index in [2.05, 4.69) is 0 Å². The molecule has 176 valence electrons. The summed E-state index contributed by atoms with van der Waals surface area (Å²) in [7, 11) is -0.861. The Bertz CT molecular complexity index is 1380. The first-order valence-corrected chi connectivity index (χ1v) is 11.9. The van der Waals surface area contributed by atoms with E-state index in [1.165, 1.54) is 28.7 Å². The third kappa shape index (κ3) is 3.58. The molecule has 0 amide bonds. The number of methoxy groups -OCH3 is 2. The van der Waals surface area contributed by atoms with Crippen LogP contribution in [-0.4, -0.2) is 38.6 Å². The first-order valence-electron chi connectivity index (χ1n) is 10.5. The van der Waals surface area contributed by atoms with Crippen LogP contribution >= 0.6 is 0 Å². The van der Waals surface area contributed by atoms with Crippen molar-refractivity contribution < 1.29 is 22.8 Å². The van der Waals surface area contributed by atoms with E-state index >= 15 is 0 Å². The van der Waals surface area contributed by atoms with Crippen molar-refractivity contribution in [1.82, 2.24) is 4.41 Å². The Morgan fingerprint density at radius 3 is 2.03 bits per heavy atom.